The van der Waals surface area contributed by atoms with Gasteiger partial charge in [0.05, 0.1) is 19.3 Å². The van der Waals surface area contributed by atoms with Gasteiger partial charge in [-0.25, -0.2) is 0 Å². The molecule has 1 atom stereocenters. The predicted molar refractivity (Wildman–Crippen MR) is 61.9 cm³/mol. The number of ether oxygens (including phenoxy) is 1. The van der Waals surface area contributed by atoms with E-state index in [1.165, 1.54) is 12.8 Å². The minimum atomic E-state index is -0.363. The largest absolute Gasteiger partial charge is 0.389 e. The van der Waals surface area contributed by atoms with Crippen LogP contribution in [0.3, 0.4) is 0 Å². The molecule has 0 aromatic rings. The third-order valence-electron chi connectivity index (χ3n) is 2.89. The van der Waals surface area contributed by atoms with E-state index in [-0.39, 0.29) is 6.10 Å². The van der Waals surface area contributed by atoms with Crippen LogP contribution in [0, 0.1) is 5.92 Å². The first-order chi connectivity index (χ1) is 7.22. The van der Waals surface area contributed by atoms with Gasteiger partial charge in [-0.2, -0.15) is 0 Å². The molecule has 0 amide bonds. The third kappa shape index (κ3) is 5.30. The molecule has 88 valence electrons. The van der Waals surface area contributed by atoms with Crippen molar-refractivity contribution in [3.63, 3.8) is 0 Å². The van der Waals surface area contributed by atoms with Gasteiger partial charge in [0.2, 0.25) is 0 Å². The van der Waals surface area contributed by atoms with Crippen LogP contribution in [0.1, 0.15) is 19.8 Å². The Morgan fingerprint density at radius 1 is 1.53 bits per heavy atom. The molecule has 0 saturated carbocycles. The summed E-state index contributed by atoms with van der Waals surface area (Å²) in [6.45, 7) is 9.76. The van der Waals surface area contributed by atoms with Crippen molar-refractivity contribution >= 4 is 0 Å². The summed E-state index contributed by atoms with van der Waals surface area (Å²) < 4.78 is 5.21. The van der Waals surface area contributed by atoms with Crippen molar-refractivity contribution in [1.82, 2.24) is 4.90 Å². The van der Waals surface area contributed by atoms with Crippen LogP contribution in [0.4, 0.5) is 0 Å². The molecular formula is C12H23NO2. The second kappa shape index (κ2) is 6.99. The van der Waals surface area contributed by atoms with Crippen LogP contribution in [0.2, 0.25) is 0 Å². The van der Waals surface area contributed by atoms with Gasteiger partial charge in [-0.3, -0.25) is 0 Å². The highest BCUT2D eigenvalue weighted by Crippen LogP contribution is 2.15. The van der Waals surface area contributed by atoms with Gasteiger partial charge in [-0.05, 0) is 31.8 Å². The van der Waals surface area contributed by atoms with E-state index in [1.54, 1.807) is 6.08 Å². The van der Waals surface area contributed by atoms with E-state index in [0.29, 0.717) is 13.2 Å². The number of aliphatic hydroxyl groups excluding tert-OH is 1. The summed E-state index contributed by atoms with van der Waals surface area (Å²) in [6.07, 6.45) is 3.84. The van der Waals surface area contributed by atoms with Crippen LogP contribution in [0.25, 0.3) is 0 Å². The highest BCUT2D eigenvalue weighted by molar-refractivity contribution is 4.72. The van der Waals surface area contributed by atoms with Crippen molar-refractivity contribution in [2.75, 3.05) is 32.8 Å². The maximum atomic E-state index is 9.69. The summed E-state index contributed by atoms with van der Waals surface area (Å²) in [4.78, 5) is 2.32. The fraction of sp³-hybridized carbons (Fsp3) is 0.833. The molecule has 0 aromatic heterocycles. The number of nitrogens with zero attached hydrogens (tertiary/aromatic N) is 1. The first kappa shape index (κ1) is 12.7. The first-order valence-electron chi connectivity index (χ1n) is 5.81. The van der Waals surface area contributed by atoms with E-state index in [9.17, 15) is 5.11 Å². The molecule has 1 rings (SSSR count). The lowest BCUT2D eigenvalue weighted by atomic mass is 9.99. The molecule has 0 aromatic carbocycles. The Hall–Kier alpha value is -0.380. The van der Waals surface area contributed by atoms with Crippen molar-refractivity contribution < 1.29 is 9.84 Å². The lowest BCUT2D eigenvalue weighted by Crippen LogP contribution is -2.39. The molecule has 1 aliphatic rings. The highest BCUT2D eigenvalue weighted by atomic mass is 16.5. The van der Waals surface area contributed by atoms with Gasteiger partial charge < -0.3 is 14.7 Å². The van der Waals surface area contributed by atoms with Gasteiger partial charge in [-0.15, -0.1) is 6.58 Å². The molecule has 0 radical (unpaired) electrons. The summed E-state index contributed by atoms with van der Waals surface area (Å²) in [5, 5.41) is 9.69. The van der Waals surface area contributed by atoms with Crippen molar-refractivity contribution in [2.24, 2.45) is 5.92 Å². The number of β-amino-alcohol motifs (C(OH)–C–C–N with tert-alkyl or cyclic N) is 1. The fourth-order valence-electron chi connectivity index (χ4n) is 1.88. The zero-order chi connectivity index (χ0) is 11.1. The minimum absolute atomic E-state index is 0.363. The number of piperidine rings is 1. The standard InChI is InChI=1S/C12H23NO2/c1-3-8-15-10-12(14)9-13-6-4-11(2)5-7-13/h3,11-12,14H,1,4-10H2,2H3/t12-/m0/s1. The molecule has 3 nitrogen and oxygen atoms in total. The van der Waals surface area contributed by atoms with Gasteiger partial charge in [0, 0.05) is 6.54 Å². The molecule has 1 fully saturated rings. The van der Waals surface area contributed by atoms with Crippen LogP contribution in [-0.2, 0) is 4.74 Å². The molecule has 0 spiro atoms. The molecule has 1 N–H and O–H groups in total. The smallest absolute Gasteiger partial charge is 0.0900 e. The van der Waals surface area contributed by atoms with E-state index in [2.05, 4.69) is 18.4 Å². The van der Waals surface area contributed by atoms with Gasteiger partial charge in [0.1, 0.15) is 0 Å². The Morgan fingerprint density at radius 2 is 2.20 bits per heavy atom. The quantitative estimate of drug-likeness (QED) is 0.533. The van der Waals surface area contributed by atoms with Gasteiger partial charge in [-0.1, -0.05) is 13.0 Å². The second-order valence-electron chi connectivity index (χ2n) is 4.46. The SMILES string of the molecule is C=CCOC[C@@H](O)CN1CCC(C)CC1. The summed E-state index contributed by atoms with van der Waals surface area (Å²) in [5.41, 5.74) is 0. The molecule has 0 aliphatic carbocycles. The zero-order valence-electron chi connectivity index (χ0n) is 9.69. The number of aliphatic hydroxyl groups is 1. The Kier molecular flexibility index (Phi) is 5.91. The summed E-state index contributed by atoms with van der Waals surface area (Å²) in [5.74, 6) is 0.843. The lowest BCUT2D eigenvalue weighted by Gasteiger charge is -2.31. The Labute approximate surface area is 92.7 Å². The number of hydrogen-bond donors (Lipinski definition) is 1. The summed E-state index contributed by atoms with van der Waals surface area (Å²) in [7, 11) is 0. The molecule has 15 heavy (non-hydrogen) atoms. The summed E-state index contributed by atoms with van der Waals surface area (Å²) >= 11 is 0. The maximum absolute atomic E-state index is 9.69. The average molecular weight is 213 g/mol. The average Bonchev–Trinajstić information content (AvgIpc) is 2.22. The van der Waals surface area contributed by atoms with Gasteiger partial charge >= 0.3 is 0 Å². The molecule has 3 heteroatoms. The zero-order valence-corrected chi connectivity index (χ0v) is 9.69. The summed E-state index contributed by atoms with van der Waals surface area (Å²) in [6, 6.07) is 0. The van der Waals surface area contributed by atoms with Crippen molar-refractivity contribution in [3.05, 3.63) is 12.7 Å². The minimum Gasteiger partial charge on any atom is -0.389 e. The monoisotopic (exact) mass is 213 g/mol. The third-order valence-corrected chi connectivity index (χ3v) is 2.89. The first-order valence-corrected chi connectivity index (χ1v) is 5.81. The van der Waals surface area contributed by atoms with Crippen molar-refractivity contribution in [3.8, 4) is 0 Å². The predicted octanol–water partition coefficient (Wildman–Crippen LogP) is 1.28. The van der Waals surface area contributed by atoms with Crippen molar-refractivity contribution in [1.29, 1.82) is 0 Å². The number of likely N-dealkylation sites (tertiary alicyclic amines) is 1. The van der Waals surface area contributed by atoms with Crippen LogP contribution in [-0.4, -0.2) is 49.0 Å². The maximum Gasteiger partial charge on any atom is 0.0900 e. The molecule has 1 heterocycles. The van der Waals surface area contributed by atoms with Crippen LogP contribution >= 0.6 is 0 Å². The molecule has 1 aliphatic heterocycles. The fourth-order valence-corrected chi connectivity index (χ4v) is 1.88. The molecule has 0 unspecified atom stereocenters. The van der Waals surface area contributed by atoms with Crippen LogP contribution in [0.5, 0.6) is 0 Å². The van der Waals surface area contributed by atoms with E-state index in [0.717, 1.165) is 25.6 Å². The highest BCUT2D eigenvalue weighted by Gasteiger charge is 2.17. The Balaban J connectivity index is 2.09. The van der Waals surface area contributed by atoms with Gasteiger partial charge in [0.15, 0.2) is 0 Å². The molecule has 1 saturated heterocycles. The van der Waals surface area contributed by atoms with E-state index in [1.807, 2.05) is 0 Å². The normalized spacial score (nSPS) is 21.5. The number of hydrogen-bond acceptors (Lipinski definition) is 3. The molecular weight excluding hydrogens is 190 g/mol. The van der Waals surface area contributed by atoms with Gasteiger partial charge in [0.25, 0.3) is 0 Å². The van der Waals surface area contributed by atoms with Crippen molar-refractivity contribution in [2.45, 2.75) is 25.9 Å². The topological polar surface area (TPSA) is 32.7 Å². The van der Waals surface area contributed by atoms with E-state index in [4.69, 9.17) is 4.74 Å². The Bertz CT molecular complexity index is 176. The number of rotatable bonds is 6. The van der Waals surface area contributed by atoms with Crippen LogP contribution in [0.15, 0.2) is 12.7 Å². The second-order valence-corrected chi connectivity index (χ2v) is 4.46. The lowest BCUT2D eigenvalue weighted by molar-refractivity contribution is 0.0198. The Morgan fingerprint density at radius 3 is 2.80 bits per heavy atom. The van der Waals surface area contributed by atoms with E-state index < -0.39 is 0 Å². The van der Waals surface area contributed by atoms with Crippen LogP contribution < -0.4 is 0 Å². The van der Waals surface area contributed by atoms with E-state index >= 15 is 0 Å². The molecule has 0 bridgehead atoms.